The summed E-state index contributed by atoms with van der Waals surface area (Å²) in [5.41, 5.74) is 1.19. The normalized spacial score (nSPS) is 13.5. The van der Waals surface area contributed by atoms with E-state index in [0.29, 0.717) is 19.8 Å². The van der Waals surface area contributed by atoms with Crippen molar-refractivity contribution in [1.82, 2.24) is 5.32 Å². The highest BCUT2D eigenvalue weighted by Crippen LogP contribution is 2.38. The molecule has 4 nitrogen and oxygen atoms in total. The zero-order valence-corrected chi connectivity index (χ0v) is 13.2. The van der Waals surface area contributed by atoms with E-state index in [4.69, 9.17) is 14.6 Å². The van der Waals surface area contributed by atoms with Gasteiger partial charge in [-0.1, -0.05) is 12.8 Å². The fourth-order valence-electron chi connectivity index (χ4n) is 2.21. The van der Waals surface area contributed by atoms with Crippen molar-refractivity contribution in [2.24, 2.45) is 0 Å². The summed E-state index contributed by atoms with van der Waals surface area (Å²) in [5, 5.41) is 12.1. The van der Waals surface area contributed by atoms with Gasteiger partial charge in [-0.2, -0.15) is 0 Å². The summed E-state index contributed by atoms with van der Waals surface area (Å²) in [6.07, 6.45) is 4.33. The van der Waals surface area contributed by atoms with E-state index in [1.165, 1.54) is 12.0 Å². The summed E-state index contributed by atoms with van der Waals surface area (Å²) in [4.78, 5) is 0. The molecule has 0 saturated carbocycles. The van der Waals surface area contributed by atoms with E-state index in [9.17, 15) is 0 Å². The lowest BCUT2D eigenvalue weighted by molar-refractivity contribution is 0.170. The predicted molar refractivity (Wildman–Crippen MR) is 82.4 cm³/mol. The first-order valence-electron chi connectivity index (χ1n) is 7.21. The van der Waals surface area contributed by atoms with Gasteiger partial charge in [0, 0.05) is 13.2 Å². The Labute approximate surface area is 128 Å². The zero-order valence-electron chi connectivity index (χ0n) is 11.7. The van der Waals surface area contributed by atoms with Crippen molar-refractivity contribution in [2.75, 3.05) is 26.4 Å². The number of hydrogen-bond acceptors (Lipinski definition) is 4. The molecule has 0 spiro atoms. The molecule has 0 aliphatic carbocycles. The van der Waals surface area contributed by atoms with Gasteiger partial charge in [0.05, 0.1) is 4.47 Å². The standard InChI is InChI=1S/C15H22BrNO3/c16-13-9-12(10-14-15(13)20-8-7-19-14)11-17-5-3-1-2-4-6-18/h9-10,17-18H,1-8,11H2. The summed E-state index contributed by atoms with van der Waals surface area (Å²) < 4.78 is 12.1. The van der Waals surface area contributed by atoms with E-state index in [1.807, 2.05) is 6.07 Å². The van der Waals surface area contributed by atoms with Gasteiger partial charge in [-0.25, -0.2) is 0 Å². The molecule has 1 aliphatic heterocycles. The van der Waals surface area contributed by atoms with Crippen LogP contribution in [-0.2, 0) is 6.54 Å². The van der Waals surface area contributed by atoms with Crippen LogP contribution in [0.25, 0.3) is 0 Å². The first-order chi connectivity index (χ1) is 9.81. The molecular weight excluding hydrogens is 322 g/mol. The van der Waals surface area contributed by atoms with Gasteiger partial charge in [0.1, 0.15) is 13.2 Å². The smallest absolute Gasteiger partial charge is 0.175 e. The molecule has 2 rings (SSSR count). The van der Waals surface area contributed by atoms with Crippen molar-refractivity contribution in [3.05, 3.63) is 22.2 Å². The Morgan fingerprint density at radius 2 is 1.90 bits per heavy atom. The van der Waals surface area contributed by atoms with Crippen LogP contribution in [0.3, 0.4) is 0 Å². The first kappa shape index (κ1) is 15.6. The van der Waals surface area contributed by atoms with Crippen LogP contribution >= 0.6 is 15.9 Å². The molecule has 1 heterocycles. The first-order valence-corrected chi connectivity index (χ1v) is 8.00. The average molecular weight is 344 g/mol. The van der Waals surface area contributed by atoms with Gasteiger partial charge >= 0.3 is 0 Å². The molecule has 2 N–H and O–H groups in total. The molecule has 5 heteroatoms. The van der Waals surface area contributed by atoms with Gasteiger partial charge in [-0.15, -0.1) is 0 Å². The summed E-state index contributed by atoms with van der Waals surface area (Å²) >= 11 is 3.53. The van der Waals surface area contributed by atoms with Crippen molar-refractivity contribution in [2.45, 2.75) is 32.2 Å². The average Bonchev–Trinajstić information content (AvgIpc) is 2.46. The number of unbranched alkanes of at least 4 members (excludes halogenated alkanes) is 3. The maximum atomic E-state index is 8.70. The van der Waals surface area contributed by atoms with Crippen LogP contribution in [-0.4, -0.2) is 31.5 Å². The number of fused-ring (bicyclic) bond motifs is 1. The highest BCUT2D eigenvalue weighted by Gasteiger charge is 2.15. The lowest BCUT2D eigenvalue weighted by Gasteiger charge is -2.20. The molecule has 1 aromatic rings. The monoisotopic (exact) mass is 343 g/mol. The Bertz CT molecular complexity index is 426. The maximum absolute atomic E-state index is 8.70. The van der Waals surface area contributed by atoms with Crippen LogP contribution in [0.2, 0.25) is 0 Å². The van der Waals surface area contributed by atoms with Crippen LogP contribution in [0.15, 0.2) is 16.6 Å². The van der Waals surface area contributed by atoms with Crippen LogP contribution in [0.4, 0.5) is 0 Å². The molecule has 1 aromatic carbocycles. The molecule has 0 radical (unpaired) electrons. The SMILES string of the molecule is OCCCCCCNCc1cc(Br)c2c(c1)OCCO2. The van der Waals surface area contributed by atoms with Gasteiger partial charge in [-0.3, -0.25) is 0 Å². The summed E-state index contributed by atoms with van der Waals surface area (Å²) in [5.74, 6) is 1.63. The van der Waals surface area contributed by atoms with Gasteiger partial charge in [0.2, 0.25) is 0 Å². The molecule has 112 valence electrons. The minimum atomic E-state index is 0.304. The third-order valence-electron chi connectivity index (χ3n) is 3.25. The van der Waals surface area contributed by atoms with E-state index in [0.717, 1.165) is 48.3 Å². The Morgan fingerprint density at radius 1 is 1.10 bits per heavy atom. The molecule has 0 aromatic heterocycles. The summed E-state index contributed by atoms with van der Waals surface area (Å²) in [7, 11) is 0. The molecule has 0 bridgehead atoms. The number of hydrogen-bond donors (Lipinski definition) is 2. The Balaban J connectivity index is 1.74. The molecule has 0 amide bonds. The predicted octanol–water partition coefficient (Wildman–Crippen LogP) is 2.86. The lowest BCUT2D eigenvalue weighted by Crippen LogP contribution is -2.18. The second-order valence-corrected chi connectivity index (χ2v) is 5.77. The lowest BCUT2D eigenvalue weighted by atomic mass is 10.1. The van der Waals surface area contributed by atoms with E-state index < -0.39 is 0 Å². The topological polar surface area (TPSA) is 50.7 Å². The number of benzene rings is 1. The molecular formula is C15H22BrNO3. The number of ether oxygens (including phenoxy) is 2. The van der Waals surface area contributed by atoms with Crippen molar-refractivity contribution in [3.8, 4) is 11.5 Å². The number of aliphatic hydroxyl groups excluding tert-OH is 1. The second kappa shape index (κ2) is 8.49. The second-order valence-electron chi connectivity index (χ2n) is 4.92. The summed E-state index contributed by atoms with van der Waals surface area (Å²) in [6, 6.07) is 4.12. The third kappa shape index (κ3) is 4.65. The number of rotatable bonds is 8. The zero-order chi connectivity index (χ0) is 14.2. The van der Waals surface area contributed by atoms with Gasteiger partial charge in [0.15, 0.2) is 11.5 Å². The van der Waals surface area contributed by atoms with Crippen LogP contribution in [0.5, 0.6) is 11.5 Å². The summed E-state index contributed by atoms with van der Waals surface area (Å²) in [6.45, 7) is 3.35. The Morgan fingerprint density at radius 3 is 2.75 bits per heavy atom. The maximum Gasteiger partial charge on any atom is 0.175 e. The molecule has 1 aliphatic rings. The number of halogens is 1. The van der Waals surface area contributed by atoms with E-state index in [-0.39, 0.29) is 0 Å². The largest absolute Gasteiger partial charge is 0.486 e. The van der Waals surface area contributed by atoms with E-state index >= 15 is 0 Å². The van der Waals surface area contributed by atoms with Gasteiger partial charge in [-0.05, 0) is 53.0 Å². The highest BCUT2D eigenvalue weighted by atomic mass is 79.9. The highest BCUT2D eigenvalue weighted by molar-refractivity contribution is 9.10. The quantitative estimate of drug-likeness (QED) is 0.712. The minimum absolute atomic E-state index is 0.304. The van der Waals surface area contributed by atoms with Gasteiger partial charge in [0.25, 0.3) is 0 Å². The number of nitrogens with one attached hydrogen (secondary N) is 1. The number of aliphatic hydroxyl groups is 1. The van der Waals surface area contributed by atoms with Crippen molar-refractivity contribution < 1.29 is 14.6 Å². The Hall–Kier alpha value is -0.780. The Kier molecular flexibility index (Phi) is 6.63. The van der Waals surface area contributed by atoms with Crippen LogP contribution < -0.4 is 14.8 Å². The molecule has 0 saturated heterocycles. The van der Waals surface area contributed by atoms with Crippen molar-refractivity contribution >= 4 is 15.9 Å². The van der Waals surface area contributed by atoms with E-state index in [2.05, 4.69) is 27.3 Å². The van der Waals surface area contributed by atoms with Crippen molar-refractivity contribution in [1.29, 1.82) is 0 Å². The molecule has 0 unspecified atom stereocenters. The molecule has 20 heavy (non-hydrogen) atoms. The van der Waals surface area contributed by atoms with Crippen molar-refractivity contribution in [3.63, 3.8) is 0 Å². The van der Waals surface area contributed by atoms with Crippen LogP contribution in [0.1, 0.15) is 31.2 Å². The minimum Gasteiger partial charge on any atom is -0.486 e. The third-order valence-corrected chi connectivity index (χ3v) is 3.84. The van der Waals surface area contributed by atoms with Crippen LogP contribution in [0, 0.1) is 0 Å². The fourth-order valence-corrected chi connectivity index (χ4v) is 2.82. The molecule has 0 fully saturated rings. The molecule has 0 atom stereocenters. The fraction of sp³-hybridized carbons (Fsp3) is 0.600. The van der Waals surface area contributed by atoms with Gasteiger partial charge < -0.3 is 19.9 Å². The van der Waals surface area contributed by atoms with E-state index in [1.54, 1.807) is 0 Å².